The van der Waals surface area contributed by atoms with E-state index in [0.29, 0.717) is 23.8 Å². The van der Waals surface area contributed by atoms with E-state index in [2.05, 4.69) is 0 Å². The molecule has 0 spiro atoms. The third kappa shape index (κ3) is 4.33. The smallest absolute Gasteiger partial charge is 0.150 e. The van der Waals surface area contributed by atoms with Crippen molar-refractivity contribution in [1.29, 1.82) is 0 Å². The van der Waals surface area contributed by atoms with Gasteiger partial charge in [-0.05, 0) is 30.0 Å². The van der Waals surface area contributed by atoms with Crippen molar-refractivity contribution in [2.75, 3.05) is 0 Å². The van der Waals surface area contributed by atoms with Crippen LogP contribution in [0.2, 0.25) is 5.02 Å². The van der Waals surface area contributed by atoms with E-state index < -0.39 is 6.04 Å². The van der Waals surface area contributed by atoms with Gasteiger partial charge in [0.1, 0.15) is 5.78 Å². The summed E-state index contributed by atoms with van der Waals surface area (Å²) in [6.07, 6.45) is 1.14. The van der Waals surface area contributed by atoms with Crippen LogP contribution in [0, 0.1) is 5.92 Å². The Balaban J connectivity index is 2.53. The molecule has 1 unspecified atom stereocenters. The minimum atomic E-state index is -0.399. The predicted molar refractivity (Wildman–Crippen MR) is 67.6 cm³/mol. The number of hydrogen-bond donors (Lipinski definition) is 1. The Morgan fingerprint density at radius 2 is 1.88 bits per heavy atom. The quantitative estimate of drug-likeness (QED) is 0.859. The minimum absolute atomic E-state index is 0.130. The van der Waals surface area contributed by atoms with Crippen molar-refractivity contribution < 1.29 is 4.79 Å². The first kappa shape index (κ1) is 13.2. The van der Waals surface area contributed by atoms with Gasteiger partial charge in [-0.3, -0.25) is 4.79 Å². The molecule has 0 aromatic heterocycles. The number of ketones is 1. The van der Waals surface area contributed by atoms with Crippen LogP contribution in [0.5, 0.6) is 0 Å². The summed E-state index contributed by atoms with van der Waals surface area (Å²) in [5.74, 6) is 0.494. The van der Waals surface area contributed by atoms with E-state index in [9.17, 15) is 4.79 Å². The molecule has 0 bridgehead atoms. The first-order valence-corrected chi connectivity index (χ1v) is 5.89. The van der Waals surface area contributed by atoms with E-state index in [1.807, 2.05) is 38.1 Å². The fraction of sp³-hybridized carbons (Fsp3) is 0.462. The van der Waals surface area contributed by atoms with Crippen molar-refractivity contribution in [3.8, 4) is 0 Å². The summed E-state index contributed by atoms with van der Waals surface area (Å²) in [5, 5.41) is 0.700. The molecule has 1 rings (SSSR count). The summed E-state index contributed by atoms with van der Waals surface area (Å²) < 4.78 is 0. The number of rotatable bonds is 5. The Hall–Kier alpha value is -0.860. The van der Waals surface area contributed by atoms with Gasteiger partial charge >= 0.3 is 0 Å². The van der Waals surface area contributed by atoms with Gasteiger partial charge in [-0.2, -0.15) is 0 Å². The number of halogens is 1. The van der Waals surface area contributed by atoms with Gasteiger partial charge in [0.05, 0.1) is 6.04 Å². The van der Waals surface area contributed by atoms with E-state index in [0.717, 1.165) is 5.56 Å². The van der Waals surface area contributed by atoms with Gasteiger partial charge in [0.2, 0.25) is 0 Å². The summed E-state index contributed by atoms with van der Waals surface area (Å²) in [5.41, 5.74) is 6.90. The third-order valence-corrected chi connectivity index (χ3v) is 2.64. The lowest BCUT2D eigenvalue weighted by atomic mass is 9.97. The molecule has 16 heavy (non-hydrogen) atoms. The van der Waals surface area contributed by atoms with Gasteiger partial charge in [0.25, 0.3) is 0 Å². The highest BCUT2D eigenvalue weighted by Gasteiger charge is 2.15. The zero-order chi connectivity index (χ0) is 12.1. The van der Waals surface area contributed by atoms with Gasteiger partial charge < -0.3 is 5.73 Å². The molecule has 0 fully saturated rings. The zero-order valence-electron chi connectivity index (χ0n) is 9.74. The predicted octanol–water partition coefficient (Wildman–Crippen LogP) is 2.83. The molecule has 1 aromatic carbocycles. The number of benzene rings is 1. The summed E-state index contributed by atoms with van der Waals surface area (Å²) in [4.78, 5) is 11.7. The summed E-state index contributed by atoms with van der Waals surface area (Å²) in [6, 6.07) is 7.05. The molecule has 0 saturated heterocycles. The monoisotopic (exact) mass is 239 g/mol. The van der Waals surface area contributed by atoms with Crippen LogP contribution in [0.4, 0.5) is 0 Å². The Bertz CT molecular complexity index is 345. The Labute approximate surface area is 102 Å². The zero-order valence-corrected chi connectivity index (χ0v) is 10.5. The highest BCUT2D eigenvalue weighted by atomic mass is 35.5. The molecule has 0 amide bonds. The number of nitrogens with two attached hydrogens (primary N) is 1. The highest BCUT2D eigenvalue weighted by Crippen LogP contribution is 2.12. The Morgan fingerprint density at radius 1 is 1.31 bits per heavy atom. The number of hydrogen-bond acceptors (Lipinski definition) is 2. The molecule has 3 heteroatoms. The van der Waals surface area contributed by atoms with Crippen molar-refractivity contribution in [3.63, 3.8) is 0 Å². The van der Waals surface area contributed by atoms with Crippen molar-refractivity contribution in [2.24, 2.45) is 11.7 Å². The molecule has 2 N–H and O–H groups in total. The Morgan fingerprint density at radius 3 is 2.38 bits per heavy atom. The fourth-order valence-corrected chi connectivity index (χ4v) is 1.67. The van der Waals surface area contributed by atoms with E-state index in [-0.39, 0.29) is 5.78 Å². The maximum Gasteiger partial charge on any atom is 0.150 e. The molecule has 1 aromatic rings. The largest absolute Gasteiger partial charge is 0.321 e. The summed E-state index contributed by atoms with van der Waals surface area (Å²) in [7, 11) is 0. The first-order chi connectivity index (χ1) is 7.49. The molecule has 0 saturated carbocycles. The van der Waals surface area contributed by atoms with Crippen LogP contribution >= 0.6 is 11.6 Å². The molecule has 88 valence electrons. The number of carbonyl (C=O) groups is 1. The average Bonchev–Trinajstić information content (AvgIpc) is 2.20. The van der Waals surface area contributed by atoms with Gasteiger partial charge in [0.15, 0.2) is 0 Å². The maximum atomic E-state index is 11.7. The van der Waals surface area contributed by atoms with Gasteiger partial charge in [-0.25, -0.2) is 0 Å². The first-order valence-electron chi connectivity index (χ1n) is 5.51. The molecule has 0 aliphatic rings. The second-order valence-corrected chi connectivity index (χ2v) is 4.94. The number of carbonyl (C=O) groups excluding carboxylic acids is 1. The lowest BCUT2D eigenvalue weighted by Crippen LogP contribution is -2.33. The molecule has 2 nitrogen and oxygen atoms in total. The second-order valence-electron chi connectivity index (χ2n) is 4.50. The van der Waals surface area contributed by atoms with Crippen LogP contribution in [0.15, 0.2) is 24.3 Å². The maximum absolute atomic E-state index is 11.7. The number of Topliss-reactive ketones (excluding diaryl/α,β-unsaturated/α-hetero) is 1. The fourth-order valence-electron chi connectivity index (χ4n) is 1.54. The lowest BCUT2D eigenvalue weighted by molar-refractivity contribution is -0.120. The lowest BCUT2D eigenvalue weighted by Gasteiger charge is -2.12. The topological polar surface area (TPSA) is 43.1 Å². The standard InChI is InChI=1S/C13H18ClNO/c1-9(2)7-13(16)12(15)8-10-3-5-11(14)6-4-10/h3-6,9,12H,7-8,15H2,1-2H3. The van der Waals surface area contributed by atoms with E-state index >= 15 is 0 Å². The minimum Gasteiger partial charge on any atom is -0.321 e. The SMILES string of the molecule is CC(C)CC(=O)C(N)Cc1ccc(Cl)cc1. The molecule has 0 heterocycles. The van der Waals surface area contributed by atoms with Crippen molar-refractivity contribution in [3.05, 3.63) is 34.9 Å². The normalized spacial score (nSPS) is 12.8. The van der Waals surface area contributed by atoms with E-state index in [1.54, 1.807) is 0 Å². The van der Waals surface area contributed by atoms with Crippen LogP contribution in [-0.2, 0) is 11.2 Å². The Kier molecular flexibility index (Phi) is 4.97. The van der Waals surface area contributed by atoms with Crippen LogP contribution < -0.4 is 5.73 Å². The second kappa shape index (κ2) is 6.02. The van der Waals surface area contributed by atoms with Gasteiger partial charge in [-0.15, -0.1) is 0 Å². The van der Waals surface area contributed by atoms with E-state index in [1.165, 1.54) is 0 Å². The van der Waals surface area contributed by atoms with Gasteiger partial charge in [-0.1, -0.05) is 37.6 Å². The van der Waals surface area contributed by atoms with Crippen LogP contribution in [0.25, 0.3) is 0 Å². The van der Waals surface area contributed by atoms with Crippen LogP contribution in [0.3, 0.4) is 0 Å². The van der Waals surface area contributed by atoms with E-state index in [4.69, 9.17) is 17.3 Å². The molecular weight excluding hydrogens is 222 g/mol. The summed E-state index contributed by atoms with van der Waals surface area (Å²) in [6.45, 7) is 4.04. The molecule has 0 aliphatic carbocycles. The molecule has 1 atom stereocenters. The van der Waals surface area contributed by atoms with Crippen molar-refractivity contribution >= 4 is 17.4 Å². The van der Waals surface area contributed by atoms with Crippen LogP contribution in [0.1, 0.15) is 25.8 Å². The molecular formula is C13H18ClNO. The van der Waals surface area contributed by atoms with Crippen molar-refractivity contribution in [2.45, 2.75) is 32.7 Å². The highest BCUT2D eigenvalue weighted by molar-refractivity contribution is 6.30. The van der Waals surface area contributed by atoms with Crippen molar-refractivity contribution in [1.82, 2.24) is 0 Å². The average molecular weight is 240 g/mol. The third-order valence-electron chi connectivity index (χ3n) is 2.39. The summed E-state index contributed by atoms with van der Waals surface area (Å²) >= 11 is 5.78. The molecule has 0 aliphatic heterocycles. The molecule has 0 radical (unpaired) electrons. The van der Waals surface area contributed by atoms with Gasteiger partial charge in [0, 0.05) is 11.4 Å². The van der Waals surface area contributed by atoms with Crippen LogP contribution in [-0.4, -0.2) is 11.8 Å².